The molecule has 0 unspecified atom stereocenters. The smallest absolute Gasteiger partial charge is 0.316 e. The summed E-state index contributed by atoms with van der Waals surface area (Å²) >= 11 is 7.26. The molecule has 0 radical (unpaired) electrons. The van der Waals surface area contributed by atoms with Crippen molar-refractivity contribution in [2.24, 2.45) is 0 Å². The molecule has 0 saturated carbocycles. The number of benzene rings is 2. The summed E-state index contributed by atoms with van der Waals surface area (Å²) in [5.41, 5.74) is 3.31. The van der Waals surface area contributed by atoms with Crippen LogP contribution in [0.25, 0.3) is 0 Å². The Morgan fingerprint density at radius 3 is 2.81 bits per heavy atom. The predicted octanol–water partition coefficient (Wildman–Crippen LogP) is 3.97. The maximum absolute atomic E-state index is 12.0. The maximum atomic E-state index is 12.0. The van der Waals surface area contributed by atoms with Crippen LogP contribution in [0, 0.1) is 11.3 Å². The molecule has 1 aliphatic carbocycles. The summed E-state index contributed by atoms with van der Waals surface area (Å²) in [7, 11) is 0. The van der Waals surface area contributed by atoms with Crippen molar-refractivity contribution in [2.75, 3.05) is 17.7 Å². The molecular weight excluding hydrogens is 384 g/mol. The zero-order valence-corrected chi connectivity index (χ0v) is 16.0. The van der Waals surface area contributed by atoms with Crippen molar-refractivity contribution in [3.63, 3.8) is 0 Å². The maximum Gasteiger partial charge on any atom is 0.316 e. The topological polar surface area (TPSA) is 79.2 Å². The molecule has 7 heteroatoms. The molecule has 1 aliphatic rings. The molecule has 1 N–H and O–H groups in total. The number of nitrogens with zero attached hydrogens (tertiary/aromatic N) is 1. The van der Waals surface area contributed by atoms with E-state index in [0.717, 1.165) is 17.7 Å². The molecule has 0 bridgehead atoms. The summed E-state index contributed by atoms with van der Waals surface area (Å²) < 4.78 is 5.01. The van der Waals surface area contributed by atoms with Gasteiger partial charge in [0, 0.05) is 9.92 Å². The molecule has 138 valence electrons. The average Bonchev–Trinajstić information content (AvgIpc) is 3.12. The zero-order chi connectivity index (χ0) is 19.2. The lowest BCUT2D eigenvalue weighted by atomic mass is 10.1. The minimum atomic E-state index is -0.523. The fourth-order valence-electron chi connectivity index (χ4n) is 2.87. The number of halogens is 1. The van der Waals surface area contributed by atoms with Crippen molar-refractivity contribution < 1.29 is 14.3 Å². The Bertz CT molecular complexity index is 924. The highest BCUT2D eigenvalue weighted by atomic mass is 35.5. The summed E-state index contributed by atoms with van der Waals surface area (Å²) in [6, 6.07) is 12.8. The number of aryl methyl sites for hydroxylation is 2. The number of hydrogen-bond donors (Lipinski definition) is 1. The van der Waals surface area contributed by atoms with Crippen LogP contribution in [0.2, 0.25) is 5.02 Å². The lowest BCUT2D eigenvalue weighted by Gasteiger charge is -2.08. The van der Waals surface area contributed by atoms with Gasteiger partial charge in [-0.25, -0.2) is 0 Å². The Balaban J connectivity index is 1.46. The van der Waals surface area contributed by atoms with Crippen LogP contribution < -0.4 is 5.32 Å². The standard InChI is InChI=1S/C20H17ClN2O3S/c21-16-6-4-15(10-22)18(9-16)23-19(24)11-26-20(25)12-27-17-7-5-13-2-1-3-14(13)8-17/h4-9H,1-3,11-12H2,(H,23,24). The molecule has 2 aromatic rings. The van der Waals surface area contributed by atoms with Crippen LogP contribution >= 0.6 is 23.4 Å². The van der Waals surface area contributed by atoms with E-state index in [1.54, 1.807) is 6.07 Å². The summed E-state index contributed by atoms with van der Waals surface area (Å²) in [6.45, 7) is -0.416. The van der Waals surface area contributed by atoms with Gasteiger partial charge < -0.3 is 10.1 Å². The number of hydrogen-bond acceptors (Lipinski definition) is 5. The zero-order valence-electron chi connectivity index (χ0n) is 14.5. The molecule has 0 aliphatic heterocycles. The minimum Gasteiger partial charge on any atom is -0.455 e. The molecule has 27 heavy (non-hydrogen) atoms. The lowest BCUT2D eigenvalue weighted by Crippen LogP contribution is -2.22. The molecule has 0 saturated heterocycles. The van der Waals surface area contributed by atoms with E-state index < -0.39 is 18.5 Å². The number of thioether (sulfide) groups is 1. The molecule has 1 amide bonds. The fourth-order valence-corrected chi connectivity index (χ4v) is 3.80. The van der Waals surface area contributed by atoms with Gasteiger partial charge in [0.15, 0.2) is 6.61 Å². The van der Waals surface area contributed by atoms with Gasteiger partial charge in [-0.1, -0.05) is 17.7 Å². The minimum absolute atomic E-state index is 0.132. The number of rotatable bonds is 6. The number of carbonyl (C=O) groups is 2. The first kappa shape index (κ1) is 19.3. The van der Waals surface area contributed by atoms with Gasteiger partial charge in [-0.3, -0.25) is 9.59 Å². The number of nitrogens with one attached hydrogen (secondary N) is 1. The van der Waals surface area contributed by atoms with E-state index in [0.29, 0.717) is 10.7 Å². The highest BCUT2D eigenvalue weighted by molar-refractivity contribution is 8.00. The molecule has 5 nitrogen and oxygen atoms in total. The number of carbonyl (C=O) groups excluding carboxylic acids is 2. The molecule has 0 aromatic heterocycles. The van der Waals surface area contributed by atoms with Crippen molar-refractivity contribution in [2.45, 2.75) is 24.2 Å². The van der Waals surface area contributed by atoms with E-state index in [1.165, 1.54) is 41.4 Å². The molecule has 0 spiro atoms. The van der Waals surface area contributed by atoms with Crippen LogP contribution in [-0.4, -0.2) is 24.2 Å². The number of esters is 1. The van der Waals surface area contributed by atoms with Gasteiger partial charge in [0.05, 0.1) is 17.0 Å². The van der Waals surface area contributed by atoms with Crippen LogP contribution in [0.4, 0.5) is 5.69 Å². The van der Waals surface area contributed by atoms with Crippen molar-refractivity contribution >= 4 is 40.9 Å². The second kappa shape index (κ2) is 8.94. The second-order valence-corrected chi connectivity index (χ2v) is 7.57. The van der Waals surface area contributed by atoms with E-state index in [1.807, 2.05) is 12.1 Å². The first-order valence-electron chi connectivity index (χ1n) is 8.45. The van der Waals surface area contributed by atoms with Gasteiger partial charge in [-0.2, -0.15) is 5.26 Å². The van der Waals surface area contributed by atoms with Crippen LogP contribution in [0.15, 0.2) is 41.3 Å². The van der Waals surface area contributed by atoms with E-state index in [-0.39, 0.29) is 11.3 Å². The number of fused-ring (bicyclic) bond motifs is 1. The SMILES string of the molecule is N#Cc1ccc(Cl)cc1NC(=O)COC(=O)CSc1ccc2c(c1)CCC2. The average molecular weight is 401 g/mol. The monoisotopic (exact) mass is 400 g/mol. The van der Waals surface area contributed by atoms with Gasteiger partial charge in [0.25, 0.3) is 5.91 Å². The molecule has 0 fully saturated rings. The Morgan fingerprint density at radius 1 is 1.19 bits per heavy atom. The highest BCUT2D eigenvalue weighted by Gasteiger charge is 2.13. The van der Waals surface area contributed by atoms with E-state index in [4.69, 9.17) is 21.6 Å². The third kappa shape index (κ3) is 5.25. The van der Waals surface area contributed by atoms with Crippen LogP contribution in [-0.2, 0) is 27.2 Å². The van der Waals surface area contributed by atoms with Crippen molar-refractivity contribution in [1.29, 1.82) is 5.26 Å². The first-order chi connectivity index (χ1) is 13.0. The molecular formula is C20H17ClN2O3S. The third-order valence-corrected chi connectivity index (χ3v) is 5.37. The van der Waals surface area contributed by atoms with Crippen molar-refractivity contribution in [1.82, 2.24) is 0 Å². The molecule has 0 atom stereocenters. The summed E-state index contributed by atoms with van der Waals surface area (Å²) in [5.74, 6) is -0.862. The van der Waals surface area contributed by atoms with Gasteiger partial charge in [-0.15, -0.1) is 11.8 Å². The Morgan fingerprint density at radius 2 is 2.00 bits per heavy atom. The van der Waals surface area contributed by atoms with Crippen LogP contribution in [0.3, 0.4) is 0 Å². The van der Waals surface area contributed by atoms with E-state index in [2.05, 4.69) is 17.4 Å². The number of anilines is 1. The number of amides is 1. The number of nitriles is 1. The molecule has 0 heterocycles. The molecule has 2 aromatic carbocycles. The van der Waals surface area contributed by atoms with Gasteiger partial charge in [0.1, 0.15) is 6.07 Å². The summed E-state index contributed by atoms with van der Waals surface area (Å²) in [5, 5.41) is 12.0. The van der Waals surface area contributed by atoms with Gasteiger partial charge in [-0.05, 0) is 60.7 Å². The Hall–Kier alpha value is -2.49. The summed E-state index contributed by atoms with van der Waals surface area (Å²) in [4.78, 5) is 24.9. The molecule has 3 rings (SSSR count). The first-order valence-corrected chi connectivity index (χ1v) is 9.81. The highest BCUT2D eigenvalue weighted by Crippen LogP contribution is 2.27. The van der Waals surface area contributed by atoms with Crippen LogP contribution in [0.1, 0.15) is 23.1 Å². The summed E-state index contributed by atoms with van der Waals surface area (Å²) in [6.07, 6.45) is 3.39. The number of ether oxygens (including phenoxy) is 1. The van der Waals surface area contributed by atoms with Gasteiger partial charge in [0.2, 0.25) is 0 Å². The normalized spacial score (nSPS) is 12.1. The van der Waals surface area contributed by atoms with Crippen molar-refractivity contribution in [3.8, 4) is 6.07 Å². The van der Waals surface area contributed by atoms with E-state index in [9.17, 15) is 9.59 Å². The predicted molar refractivity (Wildman–Crippen MR) is 105 cm³/mol. The second-order valence-electron chi connectivity index (χ2n) is 6.08. The quantitative estimate of drug-likeness (QED) is 0.586. The fraction of sp³-hybridized carbons (Fsp3) is 0.250. The third-order valence-electron chi connectivity index (χ3n) is 4.17. The largest absolute Gasteiger partial charge is 0.455 e. The van der Waals surface area contributed by atoms with Crippen molar-refractivity contribution in [3.05, 3.63) is 58.1 Å². The van der Waals surface area contributed by atoms with Crippen LogP contribution in [0.5, 0.6) is 0 Å². The Labute approximate surface area is 166 Å². The Kier molecular flexibility index (Phi) is 6.38. The lowest BCUT2D eigenvalue weighted by molar-refractivity contribution is -0.144. The van der Waals surface area contributed by atoms with E-state index >= 15 is 0 Å². The van der Waals surface area contributed by atoms with Gasteiger partial charge >= 0.3 is 5.97 Å².